The van der Waals surface area contributed by atoms with Gasteiger partial charge in [-0.05, 0) is 25.8 Å². The van der Waals surface area contributed by atoms with E-state index in [1.165, 1.54) is 22.2 Å². The Morgan fingerprint density at radius 3 is 2.80 bits per heavy atom. The Balaban J connectivity index is 2.39. The number of aromatic nitrogens is 3. The average Bonchev–Trinajstić information content (AvgIpc) is 2.98. The third-order valence-corrected chi connectivity index (χ3v) is 5.02. The zero-order chi connectivity index (χ0) is 14.7. The van der Waals surface area contributed by atoms with Gasteiger partial charge in [-0.1, -0.05) is 18.7 Å². The van der Waals surface area contributed by atoms with Gasteiger partial charge in [0.1, 0.15) is 0 Å². The minimum Gasteiger partial charge on any atom is -0.369 e. The smallest absolute Gasteiger partial charge is 0.227 e. The van der Waals surface area contributed by atoms with E-state index in [9.17, 15) is 4.79 Å². The second kappa shape index (κ2) is 6.41. The highest BCUT2D eigenvalue weighted by molar-refractivity contribution is 7.99. The summed E-state index contributed by atoms with van der Waals surface area (Å²) >= 11 is 3.07. The van der Waals surface area contributed by atoms with Gasteiger partial charge in [-0.25, -0.2) is 0 Å². The zero-order valence-corrected chi connectivity index (χ0v) is 13.5. The van der Waals surface area contributed by atoms with Crippen LogP contribution in [0.15, 0.2) is 10.5 Å². The van der Waals surface area contributed by atoms with Crippen LogP contribution < -0.4 is 5.73 Å². The SMILES string of the molecule is CCc1c(-c2nnc(SCC(N)=O)n2CC)csc1C. The molecule has 0 aliphatic rings. The average molecular weight is 310 g/mol. The van der Waals surface area contributed by atoms with E-state index in [-0.39, 0.29) is 11.7 Å². The Kier molecular flexibility index (Phi) is 4.82. The van der Waals surface area contributed by atoms with Gasteiger partial charge in [0.25, 0.3) is 0 Å². The quantitative estimate of drug-likeness (QED) is 0.832. The summed E-state index contributed by atoms with van der Waals surface area (Å²) in [4.78, 5) is 12.2. The maximum Gasteiger partial charge on any atom is 0.227 e. The van der Waals surface area contributed by atoms with Crippen molar-refractivity contribution in [2.75, 3.05) is 5.75 Å². The summed E-state index contributed by atoms with van der Waals surface area (Å²) in [6.07, 6.45) is 0.977. The molecule has 0 saturated carbocycles. The lowest BCUT2D eigenvalue weighted by Gasteiger charge is -2.07. The number of primary amides is 1. The first kappa shape index (κ1) is 15.1. The van der Waals surface area contributed by atoms with Crippen molar-refractivity contribution >= 4 is 29.0 Å². The fraction of sp³-hybridized carbons (Fsp3) is 0.462. The van der Waals surface area contributed by atoms with E-state index in [1.807, 2.05) is 11.5 Å². The number of amides is 1. The van der Waals surface area contributed by atoms with Crippen LogP contribution in [-0.2, 0) is 17.8 Å². The minimum atomic E-state index is -0.345. The lowest BCUT2D eigenvalue weighted by Crippen LogP contribution is -2.13. The number of hydrogen-bond donors (Lipinski definition) is 1. The summed E-state index contributed by atoms with van der Waals surface area (Å²) in [5.74, 6) is 0.755. The molecule has 1 amide bonds. The van der Waals surface area contributed by atoms with E-state index >= 15 is 0 Å². The van der Waals surface area contributed by atoms with Gasteiger partial charge < -0.3 is 10.3 Å². The molecule has 2 rings (SSSR count). The van der Waals surface area contributed by atoms with Crippen LogP contribution in [0.1, 0.15) is 24.3 Å². The largest absolute Gasteiger partial charge is 0.369 e. The van der Waals surface area contributed by atoms with Gasteiger partial charge in [-0.2, -0.15) is 0 Å². The highest BCUT2D eigenvalue weighted by atomic mass is 32.2. The number of hydrogen-bond acceptors (Lipinski definition) is 5. The maximum atomic E-state index is 10.9. The molecule has 0 atom stereocenters. The Hall–Kier alpha value is -1.34. The van der Waals surface area contributed by atoms with E-state index in [0.29, 0.717) is 0 Å². The minimum absolute atomic E-state index is 0.224. The van der Waals surface area contributed by atoms with Crippen molar-refractivity contribution < 1.29 is 4.79 Å². The third kappa shape index (κ3) is 2.88. The lowest BCUT2D eigenvalue weighted by atomic mass is 10.1. The molecule has 2 heterocycles. The van der Waals surface area contributed by atoms with E-state index in [1.54, 1.807) is 11.3 Å². The van der Waals surface area contributed by atoms with Crippen LogP contribution in [0.2, 0.25) is 0 Å². The highest BCUT2D eigenvalue weighted by Gasteiger charge is 2.18. The summed E-state index contributed by atoms with van der Waals surface area (Å²) in [7, 11) is 0. The number of rotatable bonds is 6. The number of nitrogens with zero attached hydrogens (tertiary/aromatic N) is 3. The number of nitrogens with two attached hydrogens (primary N) is 1. The molecule has 5 nitrogen and oxygen atoms in total. The van der Waals surface area contributed by atoms with Gasteiger partial charge >= 0.3 is 0 Å². The van der Waals surface area contributed by atoms with Crippen molar-refractivity contribution in [1.29, 1.82) is 0 Å². The monoisotopic (exact) mass is 310 g/mol. The Morgan fingerprint density at radius 2 is 2.20 bits per heavy atom. The molecule has 0 aromatic carbocycles. The van der Waals surface area contributed by atoms with Crippen LogP contribution in [0.4, 0.5) is 0 Å². The van der Waals surface area contributed by atoms with Crippen molar-refractivity contribution in [2.45, 2.75) is 38.9 Å². The Morgan fingerprint density at radius 1 is 1.45 bits per heavy atom. The fourth-order valence-electron chi connectivity index (χ4n) is 2.12. The molecule has 2 aromatic rings. The second-order valence-electron chi connectivity index (χ2n) is 4.34. The molecular weight excluding hydrogens is 292 g/mol. The molecule has 108 valence electrons. The summed E-state index contributed by atoms with van der Waals surface area (Å²) in [6.45, 7) is 7.09. The highest BCUT2D eigenvalue weighted by Crippen LogP contribution is 2.32. The van der Waals surface area contributed by atoms with E-state index in [4.69, 9.17) is 5.73 Å². The molecule has 0 radical (unpaired) electrons. The van der Waals surface area contributed by atoms with Crippen molar-refractivity contribution in [2.24, 2.45) is 5.73 Å². The third-order valence-electron chi connectivity index (χ3n) is 3.07. The topological polar surface area (TPSA) is 73.8 Å². The van der Waals surface area contributed by atoms with Gasteiger partial charge in [0.15, 0.2) is 11.0 Å². The number of carbonyl (C=O) groups is 1. The number of carbonyl (C=O) groups excluding carboxylic acids is 1. The van der Waals surface area contributed by atoms with Gasteiger partial charge in [-0.3, -0.25) is 4.79 Å². The van der Waals surface area contributed by atoms with Gasteiger partial charge in [-0.15, -0.1) is 21.5 Å². The number of thiophene rings is 1. The molecule has 0 saturated heterocycles. The number of aryl methyl sites for hydroxylation is 1. The summed E-state index contributed by atoms with van der Waals surface area (Å²) in [6, 6.07) is 0. The predicted molar refractivity (Wildman–Crippen MR) is 83.0 cm³/mol. The van der Waals surface area contributed by atoms with Crippen LogP contribution in [0, 0.1) is 6.92 Å². The van der Waals surface area contributed by atoms with Crippen LogP contribution >= 0.6 is 23.1 Å². The first-order valence-electron chi connectivity index (χ1n) is 6.50. The molecule has 2 aromatic heterocycles. The zero-order valence-electron chi connectivity index (χ0n) is 11.8. The summed E-state index contributed by atoms with van der Waals surface area (Å²) in [5, 5.41) is 11.4. The summed E-state index contributed by atoms with van der Waals surface area (Å²) in [5.41, 5.74) is 7.65. The maximum absolute atomic E-state index is 10.9. The molecule has 0 fully saturated rings. The molecular formula is C13H18N4OS2. The Bertz CT molecular complexity index is 618. The van der Waals surface area contributed by atoms with Crippen molar-refractivity contribution in [3.05, 3.63) is 15.8 Å². The van der Waals surface area contributed by atoms with Gasteiger partial charge in [0.05, 0.1) is 5.75 Å². The number of thioether (sulfide) groups is 1. The molecule has 2 N–H and O–H groups in total. The van der Waals surface area contributed by atoms with Crippen LogP contribution in [0.5, 0.6) is 0 Å². The van der Waals surface area contributed by atoms with Gasteiger partial charge in [0, 0.05) is 22.4 Å². The van der Waals surface area contributed by atoms with E-state index < -0.39 is 0 Å². The predicted octanol–water partition coefficient (Wildman–Crippen LogP) is 2.47. The van der Waals surface area contributed by atoms with E-state index in [2.05, 4.69) is 29.4 Å². The van der Waals surface area contributed by atoms with Crippen LogP contribution in [0.3, 0.4) is 0 Å². The molecule has 0 spiro atoms. The molecule has 20 heavy (non-hydrogen) atoms. The van der Waals surface area contributed by atoms with Crippen LogP contribution in [-0.4, -0.2) is 26.4 Å². The molecule has 0 bridgehead atoms. The molecule has 0 unspecified atom stereocenters. The fourth-order valence-corrected chi connectivity index (χ4v) is 3.80. The summed E-state index contributed by atoms with van der Waals surface area (Å²) < 4.78 is 2.04. The molecule has 0 aliphatic heterocycles. The molecule has 7 heteroatoms. The second-order valence-corrected chi connectivity index (χ2v) is 6.37. The first-order valence-corrected chi connectivity index (χ1v) is 8.36. The lowest BCUT2D eigenvalue weighted by molar-refractivity contribution is -0.115. The van der Waals surface area contributed by atoms with Crippen molar-refractivity contribution in [1.82, 2.24) is 14.8 Å². The standard InChI is InChI=1S/C13H18N4OS2/c1-4-9-8(3)19-6-10(9)12-15-16-13(17(12)5-2)20-7-11(14)18/h6H,4-5,7H2,1-3H3,(H2,14,18). The Labute approximate surface area is 126 Å². The molecule has 0 aliphatic carbocycles. The normalized spacial score (nSPS) is 10.9. The van der Waals surface area contributed by atoms with Crippen molar-refractivity contribution in [3.8, 4) is 11.4 Å². The van der Waals surface area contributed by atoms with Crippen LogP contribution in [0.25, 0.3) is 11.4 Å². The first-order chi connectivity index (χ1) is 9.58. The van der Waals surface area contributed by atoms with Crippen molar-refractivity contribution in [3.63, 3.8) is 0 Å². The van der Waals surface area contributed by atoms with Gasteiger partial charge in [0.2, 0.25) is 5.91 Å². The van der Waals surface area contributed by atoms with E-state index in [0.717, 1.165) is 29.5 Å².